The van der Waals surface area contributed by atoms with Gasteiger partial charge in [0.05, 0.1) is 18.4 Å². The molecular formula is C17H28N2O2. The predicted molar refractivity (Wildman–Crippen MR) is 83.0 cm³/mol. The molecule has 118 valence electrons. The van der Waals surface area contributed by atoms with E-state index in [1.165, 1.54) is 25.7 Å². The van der Waals surface area contributed by atoms with E-state index < -0.39 is 0 Å². The molecule has 0 aromatic carbocycles. The monoisotopic (exact) mass is 292 g/mol. The van der Waals surface area contributed by atoms with Crippen LogP contribution in [0.2, 0.25) is 0 Å². The third kappa shape index (κ3) is 4.31. The lowest BCUT2D eigenvalue weighted by atomic mass is 9.97. The van der Waals surface area contributed by atoms with Gasteiger partial charge in [0.25, 0.3) is 0 Å². The van der Waals surface area contributed by atoms with Gasteiger partial charge in [-0.1, -0.05) is 12.8 Å². The van der Waals surface area contributed by atoms with Gasteiger partial charge in [0.15, 0.2) is 0 Å². The number of aliphatic hydroxyl groups is 1. The zero-order valence-electron chi connectivity index (χ0n) is 12.9. The topological polar surface area (TPSA) is 48.6 Å². The van der Waals surface area contributed by atoms with Crippen LogP contribution in [0, 0.1) is 0 Å². The number of furan rings is 1. The summed E-state index contributed by atoms with van der Waals surface area (Å²) in [5.74, 6) is 1.06. The Morgan fingerprint density at radius 3 is 2.71 bits per heavy atom. The van der Waals surface area contributed by atoms with E-state index in [1.54, 1.807) is 6.26 Å². The standard InChI is InChI=1S/C17H28N2O2/c20-17(7-1-2-8-17)9-10-18-15-5-11-19(12-6-15)14-16-4-3-13-21-16/h3-4,13,15,18,20H,1-2,5-12,14H2. The molecule has 21 heavy (non-hydrogen) atoms. The molecule has 0 spiro atoms. The highest BCUT2D eigenvalue weighted by Gasteiger charge is 2.30. The van der Waals surface area contributed by atoms with Crippen LogP contribution in [0.5, 0.6) is 0 Å². The van der Waals surface area contributed by atoms with Crippen LogP contribution in [0.1, 0.15) is 50.7 Å². The van der Waals surface area contributed by atoms with E-state index in [4.69, 9.17) is 4.42 Å². The molecule has 2 heterocycles. The summed E-state index contributed by atoms with van der Waals surface area (Å²) in [7, 11) is 0. The molecule has 0 bridgehead atoms. The second kappa shape index (κ2) is 6.95. The lowest BCUT2D eigenvalue weighted by molar-refractivity contribution is 0.0376. The van der Waals surface area contributed by atoms with Gasteiger partial charge in [0.2, 0.25) is 0 Å². The van der Waals surface area contributed by atoms with Gasteiger partial charge in [0.1, 0.15) is 5.76 Å². The minimum atomic E-state index is -0.368. The smallest absolute Gasteiger partial charge is 0.117 e. The van der Waals surface area contributed by atoms with Crippen molar-refractivity contribution in [2.24, 2.45) is 0 Å². The summed E-state index contributed by atoms with van der Waals surface area (Å²) < 4.78 is 5.41. The summed E-state index contributed by atoms with van der Waals surface area (Å²) in [6.07, 6.45) is 9.44. The quantitative estimate of drug-likeness (QED) is 0.846. The molecule has 2 N–H and O–H groups in total. The summed E-state index contributed by atoms with van der Waals surface area (Å²) in [6, 6.07) is 4.62. The first kappa shape index (κ1) is 15.1. The van der Waals surface area contributed by atoms with Gasteiger partial charge < -0.3 is 14.8 Å². The Labute approximate surface area is 127 Å². The molecule has 1 aromatic rings. The molecule has 1 saturated heterocycles. The van der Waals surface area contributed by atoms with Crippen molar-refractivity contribution < 1.29 is 9.52 Å². The molecule has 0 atom stereocenters. The van der Waals surface area contributed by atoms with Crippen LogP contribution in [0.3, 0.4) is 0 Å². The molecular weight excluding hydrogens is 264 g/mol. The van der Waals surface area contributed by atoms with Gasteiger partial charge in [-0.25, -0.2) is 0 Å². The summed E-state index contributed by atoms with van der Waals surface area (Å²) in [4.78, 5) is 2.46. The first-order valence-electron chi connectivity index (χ1n) is 8.44. The van der Waals surface area contributed by atoms with Crippen LogP contribution >= 0.6 is 0 Å². The number of hydrogen-bond donors (Lipinski definition) is 2. The minimum absolute atomic E-state index is 0.368. The largest absolute Gasteiger partial charge is 0.468 e. The van der Waals surface area contributed by atoms with Crippen LogP contribution in [0.25, 0.3) is 0 Å². The maximum Gasteiger partial charge on any atom is 0.117 e. The Kier molecular flexibility index (Phi) is 4.99. The molecule has 2 aliphatic rings. The van der Waals surface area contributed by atoms with Gasteiger partial charge >= 0.3 is 0 Å². The number of hydrogen-bond acceptors (Lipinski definition) is 4. The molecule has 1 aliphatic heterocycles. The molecule has 1 aromatic heterocycles. The maximum atomic E-state index is 10.3. The van der Waals surface area contributed by atoms with Crippen LogP contribution in [0.4, 0.5) is 0 Å². The second-order valence-corrected chi connectivity index (χ2v) is 6.77. The fourth-order valence-electron chi connectivity index (χ4n) is 3.71. The van der Waals surface area contributed by atoms with Gasteiger partial charge in [-0.15, -0.1) is 0 Å². The maximum absolute atomic E-state index is 10.3. The number of nitrogens with one attached hydrogen (secondary N) is 1. The predicted octanol–water partition coefficient (Wildman–Crippen LogP) is 2.53. The van der Waals surface area contributed by atoms with E-state index in [1.807, 2.05) is 12.1 Å². The molecule has 4 nitrogen and oxygen atoms in total. The fraction of sp³-hybridized carbons (Fsp3) is 0.765. The van der Waals surface area contributed by atoms with Crippen molar-refractivity contribution in [1.82, 2.24) is 10.2 Å². The first-order valence-corrected chi connectivity index (χ1v) is 8.44. The fourth-order valence-corrected chi connectivity index (χ4v) is 3.71. The normalized spacial score (nSPS) is 23.7. The van der Waals surface area contributed by atoms with Gasteiger partial charge in [-0.2, -0.15) is 0 Å². The molecule has 1 saturated carbocycles. The van der Waals surface area contributed by atoms with E-state index >= 15 is 0 Å². The van der Waals surface area contributed by atoms with Gasteiger partial charge in [0, 0.05) is 19.1 Å². The average molecular weight is 292 g/mol. The third-order valence-electron chi connectivity index (χ3n) is 5.10. The lowest BCUT2D eigenvalue weighted by Gasteiger charge is -2.32. The SMILES string of the molecule is OC1(CCNC2CCN(Cc3ccco3)CC2)CCCC1. The summed E-state index contributed by atoms with van der Waals surface area (Å²) in [5, 5.41) is 14.0. The van der Waals surface area contributed by atoms with E-state index in [2.05, 4.69) is 10.2 Å². The Hall–Kier alpha value is -0.840. The highest BCUT2D eigenvalue weighted by Crippen LogP contribution is 2.31. The molecule has 3 rings (SSSR count). The van der Waals surface area contributed by atoms with Crippen LogP contribution in [-0.2, 0) is 6.54 Å². The Balaban J connectivity index is 1.32. The van der Waals surface area contributed by atoms with Crippen molar-refractivity contribution in [2.75, 3.05) is 19.6 Å². The zero-order chi connectivity index (χ0) is 14.5. The molecule has 2 fully saturated rings. The lowest BCUT2D eigenvalue weighted by Crippen LogP contribution is -2.43. The minimum Gasteiger partial charge on any atom is -0.468 e. The van der Waals surface area contributed by atoms with Crippen molar-refractivity contribution in [3.63, 3.8) is 0 Å². The van der Waals surface area contributed by atoms with Crippen LogP contribution in [0.15, 0.2) is 22.8 Å². The van der Waals surface area contributed by atoms with Gasteiger partial charge in [-0.05, 0) is 50.8 Å². The molecule has 4 heteroatoms. The molecule has 0 unspecified atom stereocenters. The number of piperidine rings is 1. The van der Waals surface area contributed by atoms with E-state index in [9.17, 15) is 5.11 Å². The average Bonchev–Trinajstić information content (AvgIpc) is 3.13. The van der Waals surface area contributed by atoms with Crippen molar-refractivity contribution in [3.05, 3.63) is 24.2 Å². The molecule has 0 amide bonds. The first-order chi connectivity index (χ1) is 10.2. The summed E-state index contributed by atoms with van der Waals surface area (Å²) >= 11 is 0. The highest BCUT2D eigenvalue weighted by molar-refractivity contribution is 4.98. The van der Waals surface area contributed by atoms with Crippen LogP contribution in [-0.4, -0.2) is 41.3 Å². The Morgan fingerprint density at radius 1 is 1.29 bits per heavy atom. The molecule has 1 aliphatic carbocycles. The highest BCUT2D eigenvalue weighted by atomic mass is 16.3. The van der Waals surface area contributed by atoms with E-state index in [0.29, 0.717) is 6.04 Å². The van der Waals surface area contributed by atoms with E-state index in [-0.39, 0.29) is 5.60 Å². The van der Waals surface area contributed by atoms with Crippen LogP contribution < -0.4 is 5.32 Å². The number of nitrogens with zero attached hydrogens (tertiary/aromatic N) is 1. The number of rotatable bonds is 6. The Morgan fingerprint density at radius 2 is 2.05 bits per heavy atom. The molecule has 0 radical (unpaired) electrons. The third-order valence-corrected chi connectivity index (χ3v) is 5.10. The number of likely N-dealkylation sites (tertiary alicyclic amines) is 1. The summed E-state index contributed by atoms with van der Waals surface area (Å²) in [6.45, 7) is 4.14. The van der Waals surface area contributed by atoms with Crippen molar-refractivity contribution in [1.29, 1.82) is 0 Å². The van der Waals surface area contributed by atoms with Crippen molar-refractivity contribution >= 4 is 0 Å². The second-order valence-electron chi connectivity index (χ2n) is 6.77. The zero-order valence-corrected chi connectivity index (χ0v) is 12.9. The van der Waals surface area contributed by atoms with Gasteiger partial charge in [-0.3, -0.25) is 4.90 Å². The van der Waals surface area contributed by atoms with Crippen molar-refractivity contribution in [2.45, 2.75) is 63.1 Å². The van der Waals surface area contributed by atoms with Crippen molar-refractivity contribution in [3.8, 4) is 0 Å². The Bertz CT molecular complexity index is 404. The summed E-state index contributed by atoms with van der Waals surface area (Å²) in [5.41, 5.74) is -0.368. The van der Waals surface area contributed by atoms with E-state index in [0.717, 1.165) is 51.2 Å².